The van der Waals surface area contributed by atoms with Gasteiger partial charge in [0.1, 0.15) is 5.82 Å². The van der Waals surface area contributed by atoms with Gasteiger partial charge in [0.2, 0.25) is 5.91 Å². The van der Waals surface area contributed by atoms with Gasteiger partial charge in [0, 0.05) is 19.2 Å². The van der Waals surface area contributed by atoms with Gasteiger partial charge < -0.3 is 10.3 Å². The van der Waals surface area contributed by atoms with Crippen molar-refractivity contribution in [2.45, 2.75) is 25.8 Å². The zero-order chi connectivity index (χ0) is 18.5. The molecular formula is C21H25N5O. The van der Waals surface area contributed by atoms with Crippen LogP contribution >= 0.6 is 0 Å². The lowest BCUT2D eigenvalue weighted by Gasteiger charge is -2.31. The minimum Gasteiger partial charge on any atom is -0.349 e. The zero-order valence-corrected chi connectivity index (χ0v) is 15.4. The number of likely N-dealkylation sites (tertiary alicyclic amines) is 1. The van der Waals surface area contributed by atoms with Crippen LogP contribution in [0.3, 0.4) is 0 Å². The van der Waals surface area contributed by atoms with Crippen LogP contribution in [-0.4, -0.2) is 45.4 Å². The number of pyridine rings is 1. The summed E-state index contributed by atoms with van der Waals surface area (Å²) in [7, 11) is 0. The number of amides is 1. The fourth-order valence-corrected chi connectivity index (χ4v) is 3.79. The van der Waals surface area contributed by atoms with Crippen LogP contribution in [0.2, 0.25) is 0 Å². The molecule has 3 heterocycles. The average molecular weight is 363 g/mol. The van der Waals surface area contributed by atoms with E-state index in [0.717, 1.165) is 48.5 Å². The molecule has 1 unspecified atom stereocenters. The van der Waals surface area contributed by atoms with Crippen LogP contribution in [0.15, 0.2) is 48.7 Å². The van der Waals surface area contributed by atoms with Gasteiger partial charge >= 0.3 is 0 Å². The smallest absolute Gasteiger partial charge is 0.234 e. The van der Waals surface area contributed by atoms with Crippen molar-refractivity contribution in [1.29, 1.82) is 0 Å². The van der Waals surface area contributed by atoms with E-state index in [-0.39, 0.29) is 5.91 Å². The summed E-state index contributed by atoms with van der Waals surface area (Å²) < 4.78 is 0. The van der Waals surface area contributed by atoms with Gasteiger partial charge in [-0.25, -0.2) is 4.98 Å². The molecule has 0 spiro atoms. The number of piperidine rings is 1. The number of hydrogen-bond acceptors (Lipinski definition) is 4. The van der Waals surface area contributed by atoms with Crippen molar-refractivity contribution in [2.75, 3.05) is 19.6 Å². The van der Waals surface area contributed by atoms with Crippen molar-refractivity contribution in [3.8, 4) is 0 Å². The molecule has 4 rings (SSSR count). The van der Waals surface area contributed by atoms with Crippen LogP contribution < -0.4 is 5.32 Å². The SMILES string of the molecule is O=C(CN1CCCC(Cc2nc3ccccc3[nH]2)C1)NCc1ccccn1. The van der Waals surface area contributed by atoms with E-state index in [1.807, 2.05) is 36.4 Å². The number of nitrogens with zero attached hydrogens (tertiary/aromatic N) is 3. The second-order valence-electron chi connectivity index (χ2n) is 7.25. The molecule has 0 aliphatic carbocycles. The monoisotopic (exact) mass is 363 g/mol. The van der Waals surface area contributed by atoms with E-state index >= 15 is 0 Å². The number of benzene rings is 1. The molecular weight excluding hydrogens is 338 g/mol. The minimum absolute atomic E-state index is 0.0602. The second kappa shape index (κ2) is 8.31. The Morgan fingerprint density at radius 2 is 2.11 bits per heavy atom. The molecule has 1 aliphatic heterocycles. The molecule has 140 valence electrons. The van der Waals surface area contributed by atoms with Crippen LogP contribution in [0.1, 0.15) is 24.4 Å². The Labute approximate surface area is 159 Å². The summed E-state index contributed by atoms with van der Waals surface area (Å²) >= 11 is 0. The van der Waals surface area contributed by atoms with E-state index in [9.17, 15) is 4.79 Å². The highest BCUT2D eigenvalue weighted by Crippen LogP contribution is 2.21. The Morgan fingerprint density at radius 3 is 2.96 bits per heavy atom. The van der Waals surface area contributed by atoms with Crippen LogP contribution in [0.25, 0.3) is 11.0 Å². The van der Waals surface area contributed by atoms with Gasteiger partial charge in [0.05, 0.1) is 29.8 Å². The Bertz CT molecular complexity index is 859. The summed E-state index contributed by atoms with van der Waals surface area (Å²) in [6.45, 7) is 2.85. The van der Waals surface area contributed by atoms with E-state index < -0.39 is 0 Å². The molecule has 2 aromatic heterocycles. The zero-order valence-electron chi connectivity index (χ0n) is 15.4. The predicted molar refractivity (Wildman–Crippen MR) is 105 cm³/mol. The molecule has 6 nitrogen and oxygen atoms in total. The van der Waals surface area contributed by atoms with Gasteiger partial charge in [0.25, 0.3) is 0 Å². The molecule has 1 amide bonds. The van der Waals surface area contributed by atoms with Gasteiger partial charge in [-0.2, -0.15) is 0 Å². The van der Waals surface area contributed by atoms with Crippen LogP contribution in [0, 0.1) is 5.92 Å². The predicted octanol–water partition coefficient (Wildman–Crippen LogP) is 2.53. The van der Waals surface area contributed by atoms with Crippen LogP contribution in [-0.2, 0) is 17.8 Å². The third-order valence-electron chi connectivity index (χ3n) is 5.08. The average Bonchev–Trinajstić information content (AvgIpc) is 3.10. The quantitative estimate of drug-likeness (QED) is 0.706. The van der Waals surface area contributed by atoms with Crippen molar-refractivity contribution in [2.24, 2.45) is 5.92 Å². The molecule has 2 N–H and O–H groups in total. The molecule has 1 atom stereocenters. The number of hydrogen-bond donors (Lipinski definition) is 2. The van der Waals surface area contributed by atoms with E-state index in [4.69, 9.17) is 4.98 Å². The lowest BCUT2D eigenvalue weighted by Crippen LogP contribution is -2.42. The van der Waals surface area contributed by atoms with Gasteiger partial charge in [0.15, 0.2) is 0 Å². The third kappa shape index (κ3) is 4.71. The third-order valence-corrected chi connectivity index (χ3v) is 5.08. The number of nitrogens with one attached hydrogen (secondary N) is 2. The first-order valence-electron chi connectivity index (χ1n) is 9.59. The highest BCUT2D eigenvalue weighted by atomic mass is 16.2. The standard InChI is InChI=1S/C21H25N5O/c27-21(23-13-17-7-3-4-10-22-17)15-26-11-5-6-16(14-26)12-20-24-18-8-1-2-9-19(18)25-20/h1-4,7-10,16H,5-6,11-15H2,(H,23,27)(H,24,25). The number of aromatic nitrogens is 3. The fourth-order valence-electron chi connectivity index (χ4n) is 3.79. The maximum Gasteiger partial charge on any atom is 0.234 e. The van der Waals surface area contributed by atoms with Gasteiger partial charge in [-0.05, 0) is 49.6 Å². The molecule has 0 saturated carbocycles. The summed E-state index contributed by atoms with van der Waals surface area (Å²) in [6.07, 6.45) is 4.98. The Kier molecular flexibility index (Phi) is 5.44. The van der Waals surface area contributed by atoms with Gasteiger partial charge in [-0.3, -0.25) is 14.7 Å². The first-order valence-corrected chi connectivity index (χ1v) is 9.59. The Balaban J connectivity index is 1.28. The van der Waals surface area contributed by atoms with Crippen molar-refractivity contribution >= 4 is 16.9 Å². The van der Waals surface area contributed by atoms with Crippen molar-refractivity contribution in [3.05, 3.63) is 60.2 Å². The second-order valence-corrected chi connectivity index (χ2v) is 7.25. The van der Waals surface area contributed by atoms with Crippen LogP contribution in [0.4, 0.5) is 0 Å². The van der Waals surface area contributed by atoms with Crippen molar-refractivity contribution < 1.29 is 4.79 Å². The molecule has 27 heavy (non-hydrogen) atoms. The topological polar surface area (TPSA) is 73.9 Å². The largest absolute Gasteiger partial charge is 0.349 e. The maximum atomic E-state index is 12.3. The Morgan fingerprint density at radius 1 is 1.22 bits per heavy atom. The molecule has 1 fully saturated rings. The number of rotatable bonds is 6. The molecule has 1 saturated heterocycles. The molecule has 1 aliphatic rings. The van der Waals surface area contributed by atoms with Gasteiger partial charge in [-0.1, -0.05) is 18.2 Å². The number of imidazole rings is 1. The number of fused-ring (bicyclic) bond motifs is 1. The molecule has 6 heteroatoms. The summed E-state index contributed by atoms with van der Waals surface area (Å²) in [6, 6.07) is 13.9. The lowest BCUT2D eigenvalue weighted by molar-refractivity contribution is -0.122. The van der Waals surface area contributed by atoms with E-state index in [0.29, 0.717) is 19.0 Å². The lowest BCUT2D eigenvalue weighted by atomic mass is 9.94. The van der Waals surface area contributed by atoms with Crippen LogP contribution in [0.5, 0.6) is 0 Å². The number of carbonyl (C=O) groups excluding carboxylic acids is 1. The Hall–Kier alpha value is -2.73. The highest BCUT2D eigenvalue weighted by molar-refractivity contribution is 5.78. The molecule has 3 aromatic rings. The van der Waals surface area contributed by atoms with Crippen molar-refractivity contribution in [3.63, 3.8) is 0 Å². The van der Waals surface area contributed by atoms with Crippen molar-refractivity contribution in [1.82, 2.24) is 25.2 Å². The summed E-state index contributed by atoms with van der Waals surface area (Å²) in [5, 5.41) is 2.97. The number of H-pyrrole nitrogens is 1. The number of para-hydroxylation sites is 2. The first kappa shape index (κ1) is 17.7. The van der Waals surface area contributed by atoms with E-state index in [2.05, 4.69) is 26.3 Å². The first-order chi connectivity index (χ1) is 13.3. The number of carbonyl (C=O) groups is 1. The maximum absolute atomic E-state index is 12.3. The fraction of sp³-hybridized carbons (Fsp3) is 0.381. The minimum atomic E-state index is 0.0602. The van der Waals surface area contributed by atoms with E-state index in [1.54, 1.807) is 6.20 Å². The highest BCUT2D eigenvalue weighted by Gasteiger charge is 2.22. The van der Waals surface area contributed by atoms with Gasteiger partial charge in [-0.15, -0.1) is 0 Å². The van der Waals surface area contributed by atoms with E-state index in [1.165, 1.54) is 6.42 Å². The molecule has 1 aromatic carbocycles. The molecule has 0 bridgehead atoms. The summed E-state index contributed by atoms with van der Waals surface area (Å²) in [5.74, 6) is 1.63. The number of aromatic amines is 1. The summed E-state index contributed by atoms with van der Waals surface area (Å²) in [5.41, 5.74) is 3.00. The summed E-state index contributed by atoms with van der Waals surface area (Å²) in [4.78, 5) is 26.9. The normalized spacial score (nSPS) is 17.9. The molecule has 0 radical (unpaired) electrons.